The molecule has 6 nitrogen and oxygen atoms in total. The van der Waals surface area contributed by atoms with E-state index >= 15 is 0 Å². The highest BCUT2D eigenvalue weighted by molar-refractivity contribution is 6.00. The van der Waals surface area contributed by atoms with Crippen molar-refractivity contribution in [3.63, 3.8) is 0 Å². The van der Waals surface area contributed by atoms with Crippen molar-refractivity contribution in [3.8, 4) is 23.0 Å². The summed E-state index contributed by atoms with van der Waals surface area (Å²) in [5.41, 5.74) is 1.36. The number of hydrogen-bond donors (Lipinski definition) is 3. The molecule has 0 spiro atoms. The number of carbonyl (C=O) groups excluding carboxylic acids is 1. The molecule has 0 aliphatic rings. The van der Waals surface area contributed by atoms with Crippen molar-refractivity contribution in [1.82, 2.24) is 5.32 Å². The summed E-state index contributed by atoms with van der Waals surface area (Å²) >= 11 is 0. The number of methoxy groups -OCH3 is 1. The van der Waals surface area contributed by atoms with Gasteiger partial charge in [-0.3, -0.25) is 4.79 Å². The minimum absolute atomic E-state index is 0. The van der Waals surface area contributed by atoms with E-state index in [2.05, 4.69) is 5.32 Å². The highest BCUT2D eigenvalue weighted by Gasteiger charge is 2.30. The third-order valence-corrected chi connectivity index (χ3v) is 6.09. The van der Waals surface area contributed by atoms with Gasteiger partial charge in [0.25, 0.3) is 0 Å². The van der Waals surface area contributed by atoms with Crippen LogP contribution in [-0.4, -0.2) is 36.7 Å². The van der Waals surface area contributed by atoms with Crippen molar-refractivity contribution in [2.45, 2.75) is 25.1 Å². The lowest BCUT2D eigenvalue weighted by Crippen LogP contribution is -2.16. The van der Waals surface area contributed by atoms with Gasteiger partial charge in [0, 0.05) is 18.9 Å². The van der Waals surface area contributed by atoms with E-state index in [9.17, 15) is 28.2 Å². The number of rotatable bonds is 10. The van der Waals surface area contributed by atoms with Crippen LogP contribution in [0.4, 0.5) is 13.2 Å². The molecule has 4 rings (SSSR count). The van der Waals surface area contributed by atoms with Gasteiger partial charge in [-0.1, -0.05) is 42.5 Å². The summed E-state index contributed by atoms with van der Waals surface area (Å²) in [4.78, 5) is 12.0. The van der Waals surface area contributed by atoms with Gasteiger partial charge >= 0.3 is 6.18 Å². The Morgan fingerprint density at radius 2 is 1.50 bits per heavy atom. The second kappa shape index (κ2) is 16.3. The Hall–Kier alpha value is -4.21. The van der Waals surface area contributed by atoms with Crippen LogP contribution in [-0.2, 0) is 12.6 Å². The molecule has 3 N–H and O–H groups in total. The molecule has 42 heavy (non-hydrogen) atoms. The number of ketones is 1. The molecule has 4 aromatic carbocycles. The Kier molecular flexibility index (Phi) is 13.2. The van der Waals surface area contributed by atoms with Gasteiger partial charge in [-0.2, -0.15) is 13.2 Å². The Balaban J connectivity index is 0.000000289. The number of alkyl halides is 3. The molecule has 1 atom stereocenters. The van der Waals surface area contributed by atoms with Gasteiger partial charge in [0.05, 0.1) is 18.2 Å². The normalized spacial score (nSPS) is 11.4. The summed E-state index contributed by atoms with van der Waals surface area (Å²) in [6.45, 7) is 0.750. The quantitative estimate of drug-likeness (QED) is 0.164. The molecular formula is C32H33ClF3NO5. The Morgan fingerprint density at radius 1 is 0.881 bits per heavy atom. The van der Waals surface area contributed by atoms with Crippen molar-refractivity contribution in [2.75, 3.05) is 20.7 Å². The van der Waals surface area contributed by atoms with Gasteiger partial charge in [0.15, 0.2) is 5.78 Å². The fourth-order valence-electron chi connectivity index (χ4n) is 3.90. The van der Waals surface area contributed by atoms with Crippen LogP contribution in [0.5, 0.6) is 23.0 Å². The lowest BCUT2D eigenvalue weighted by molar-refractivity contribution is -0.137. The zero-order valence-electron chi connectivity index (χ0n) is 23.1. The predicted octanol–water partition coefficient (Wildman–Crippen LogP) is 7.39. The largest absolute Gasteiger partial charge is 0.508 e. The number of ether oxygens (including phenoxy) is 2. The number of halogens is 4. The smallest absolute Gasteiger partial charge is 0.416 e. The zero-order chi connectivity index (χ0) is 29.8. The summed E-state index contributed by atoms with van der Waals surface area (Å²) in [7, 11) is 3.43. The molecule has 0 saturated heterocycles. The van der Waals surface area contributed by atoms with Crippen LogP contribution in [0.2, 0.25) is 0 Å². The second-order valence-corrected chi connectivity index (χ2v) is 9.08. The van der Waals surface area contributed by atoms with Gasteiger partial charge in [-0.05, 0) is 73.3 Å². The number of aromatic hydroxyl groups is 2. The number of Topliss-reactive ketones (excluding diaryl/α,β-unsaturated/α-hetero) is 1. The summed E-state index contributed by atoms with van der Waals surface area (Å²) in [5.74, 6) is 0.668. The molecule has 0 heterocycles. The molecule has 0 aromatic heterocycles. The molecule has 0 radical (unpaired) electrons. The average molecular weight is 604 g/mol. The van der Waals surface area contributed by atoms with Crippen molar-refractivity contribution in [2.24, 2.45) is 0 Å². The molecule has 0 aliphatic carbocycles. The van der Waals surface area contributed by atoms with Crippen LogP contribution in [0, 0.1) is 0 Å². The van der Waals surface area contributed by atoms with E-state index in [1.165, 1.54) is 24.3 Å². The first-order valence-electron chi connectivity index (χ1n) is 12.8. The first kappa shape index (κ1) is 34.0. The Morgan fingerprint density at radius 3 is 2.05 bits per heavy atom. The molecule has 10 heteroatoms. The average Bonchev–Trinajstić information content (AvgIpc) is 2.96. The van der Waals surface area contributed by atoms with E-state index in [1.807, 2.05) is 37.4 Å². The zero-order valence-corrected chi connectivity index (χ0v) is 23.9. The minimum Gasteiger partial charge on any atom is -0.508 e. The molecule has 0 amide bonds. The second-order valence-electron chi connectivity index (χ2n) is 9.08. The highest BCUT2D eigenvalue weighted by atomic mass is 35.5. The third kappa shape index (κ3) is 10.3. The van der Waals surface area contributed by atoms with Crippen molar-refractivity contribution >= 4 is 18.2 Å². The van der Waals surface area contributed by atoms with Crippen LogP contribution in [0.15, 0.2) is 97.1 Å². The van der Waals surface area contributed by atoms with Gasteiger partial charge in [0.1, 0.15) is 29.1 Å². The highest BCUT2D eigenvalue weighted by Crippen LogP contribution is 2.32. The van der Waals surface area contributed by atoms with E-state index in [0.29, 0.717) is 5.75 Å². The van der Waals surface area contributed by atoms with Gasteiger partial charge in [-0.15, -0.1) is 12.4 Å². The van der Waals surface area contributed by atoms with Crippen LogP contribution in [0.1, 0.15) is 39.6 Å². The van der Waals surface area contributed by atoms with E-state index < -0.39 is 11.7 Å². The molecule has 224 valence electrons. The number of nitrogens with one attached hydrogen (secondary N) is 1. The summed E-state index contributed by atoms with van der Waals surface area (Å²) in [6.07, 6.45) is -3.63. The summed E-state index contributed by atoms with van der Waals surface area (Å²) in [6, 6.07) is 25.5. The standard InChI is InChI=1S/C17H18F3NO.C15H14O4.ClH/c1-21-12-11-16(13-5-3-2-4-6-13)22-15-9-7-14(8-10-15)17(18,19)20;1-19-12-5-2-10(3-6-12)8-14(17)13-7-4-11(16)9-15(13)18;/h2-10,16,21H,11-12H2,1H3;2-7,9,16,18H,8H2,1H3;1H. The number of hydrogen-bond acceptors (Lipinski definition) is 6. The van der Waals surface area contributed by atoms with Crippen molar-refractivity contribution in [1.29, 1.82) is 0 Å². The maximum atomic E-state index is 12.6. The topological polar surface area (TPSA) is 88.0 Å². The Labute approximate surface area is 249 Å². The van der Waals surface area contributed by atoms with E-state index in [1.54, 1.807) is 31.4 Å². The molecule has 0 aliphatic heterocycles. The maximum absolute atomic E-state index is 12.6. The summed E-state index contributed by atoms with van der Waals surface area (Å²) in [5, 5.41) is 21.9. The molecule has 1 unspecified atom stereocenters. The van der Waals surface area contributed by atoms with Gasteiger partial charge in [-0.25, -0.2) is 0 Å². The SMILES string of the molecule is CNCCC(Oc1ccc(C(F)(F)F)cc1)c1ccccc1.COc1ccc(CC(=O)c2ccc(O)cc2O)cc1.Cl. The van der Waals surface area contributed by atoms with Crippen molar-refractivity contribution < 1.29 is 37.7 Å². The molecule has 0 fully saturated rings. The minimum atomic E-state index is -4.33. The first-order chi connectivity index (χ1) is 19.6. The van der Waals surface area contributed by atoms with Crippen LogP contribution < -0.4 is 14.8 Å². The monoisotopic (exact) mass is 603 g/mol. The van der Waals surface area contributed by atoms with Gasteiger partial charge in [0.2, 0.25) is 0 Å². The number of phenols is 2. The third-order valence-electron chi connectivity index (χ3n) is 6.09. The van der Waals surface area contributed by atoms with Gasteiger partial charge < -0.3 is 25.0 Å². The van der Waals surface area contributed by atoms with Crippen molar-refractivity contribution in [3.05, 3.63) is 119 Å². The van der Waals surface area contributed by atoms with E-state index in [0.717, 1.165) is 48.0 Å². The first-order valence-corrected chi connectivity index (χ1v) is 12.8. The lowest BCUT2D eigenvalue weighted by atomic mass is 10.0. The van der Waals surface area contributed by atoms with E-state index in [4.69, 9.17) is 9.47 Å². The maximum Gasteiger partial charge on any atom is 0.416 e. The van der Waals surface area contributed by atoms with Crippen LogP contribution in [0.3, 0.4) is 0 Å². The molecule has 4 aromatic rings. The fourth-order valence-corrected chi connectivity index (χ4v) is 3.90. The number of phenolic OH excluding ortho intramolecular Hbond substituents is 2. The fraction of sp³-hybridized carbons (Fsp3) is 0.219. The number of carbonyl (C=O) groups is 1. The van der Waals surface area contributed by atoms with Crippen LogP contribution >= 0.6 is 12.4 Å². The summed E-state index contributed by atoms with van der Waals surface area (Å²) < 4.78 is 48.6. The lowest BCUT2D eigenvalue weighted by Gasteiger charge is -2.20. The predicted molar refractivity (Wildman–Crippen MR) is 158 cm³/mol. The molecular weight excluding hydrogens is 571 g/mol. The van der Waals surface area contributed by atoms with E-state index in [-0.39, 0.29) is 47.8 Å². The number of benzene rings is 4. The van der Waals surface area contributed by atoms with Crippen LogP contribution in [0.25, 0.3) is 0 Å². The molecule has 0 saturated carbocycles. The Bertz CT molecular complexity index is 1380. The molecule has 0 bridgehead atoms.